The van der Waals surface area contributed by atoms with Crippen LogP contribution >= 0.6 is 0 Å². The summed E-state index contributed by atoms with van der Waals surface area (Å²) < 4.78 is 18.6. The third-order valence-corrected chi connectivity index (χ3v) is 6.35. The number of ether oxygens (including phenoxy) is 3. The fraction of sp³-hybridized carbons (Fsp3) is 0.400. The summed E-state index contributed by atoms with van der Waals surface area (Å²) in [6.45, 7) is 0. The fourth-order valence-corrected chi connectivity index (χ4v) is 5.17. The van der Waals surface area contributed by atoms with E-state index in [0.717, 1.165) is 10.8 Å². The van der Waals surface area contributed by atoms with E-state index in [-0.39, 0.29) is 0 Å². The van der Waals surface area contributed by atoms with Crippen molar-refractivity contribution in [3.63, 3.8) is 0 Å². The Morgan fingerprint density at radius 3 is 2.23 bits per heavy atom. The first-order valence-electron chi connectivity index (χ1n) is 8.88. The zero-order chi connectivity index (χ0) is 17.7. The molecular weight excluding hydrogens is 336 g/mol. The Hall–Kier alpha value is -2.12. The van der Waals surface area contributed by atoms with Crippen molar-refractivity contribution in [3.05, 3.63) is 48.6 Å². The number of aliphatic hydroxyl groups is 3. The van der Waals surface area contributed by atoms with Gasteiger partial charge in [0.25, 0.3) is 0 Å². The van der Waals surface area contributed by atoms with Gasteiger partial charge in [-0.25, -0.2) is 0 Å². The Morgan fingerprint density at radius 1 is 0.885 bits per heavy atom. The van der Waals surface area contributed by atoms with Crippen LogP contribution in [-0.2, 0) is 4.74 Å². The summed E-state index contributed by atoms with van der Waals surface area (Å²) in [5, 5.41) is 33.9. The predicted octanol–water partition coefficient (Wildman–Crippen LogP) is 1.26. The number of aliphatic hydroxyl groups excluding tert-OH is 3. The van der Waals surface area contributed by atoms with Gasteiger partial charge in [0, 0.05) is 6.08 Å². The van der Waals surface area contributed by atoms with Crippen LogP contribution in [0.4, 0.5) is 0 Å². The van der Waals surface area contributed by atoms with Gasteiger partial charge in [-0.1, -0.05) is 24.3 Å². The van der Waals surface area contributed by atoms with Gasteiger partial charge in [0.05, 0.1) is 17.6 Å². The van der Waals surface area contributed by atoms with Gasteiger partial charge in [0.2, 0.25) is 5.60 Å². The van der Waals surface area contributed by atoms with E-state index in [0.29, 0.717) is 24.3 Å². The molecular formula is C20H18O6. The van der Waals surface area contributed by atoms with Crippen LogP contribution in [0, 0.1) is 0 Å². The van der Waals surface area contributed by atoms with Crippen molar-refractivity contribution in [1.29, 1.82) is 0 Å². The lowest BCUT2D eigenvalue weighted by Gasteiger charge is -2.48. The summed E-state index contributed by atoms with van der Waals surface area (Å²) >= 11 is 0. The molecule has 0 radical (unpaired) electrons. The minimum atomic E-state index is -1.45. The molecule has 0 bridgehead atoms. The summed E-state index contributed by atoms with van der Waals surface area (Å²) in [4.78, 5) is 0. The molecule has 4 aliphatic rings. The molecule has 2 aromatic carbocycles. The zero-order valence-electron chi connectivity index (χ0n) is 13.8. The molecule has 2 aliphatic heterocycles. The second kappa shape index (κ2) is 4.40. The van der Waals surface area contributed by atoms with E-state index >= 15 is 0 Å². The van der Waals surface area contributed by atoms with Crippen molar-refractivity contribution in [2.45, 2.75) is 48.1 Å². The minimum Gasteiger partial charge on any atom is -0.445 e. The standard InChI is InChI=1S/C20H18O6/c21-14-7-8-16(23)20-18(10-9-15(22)19(14,20)26-20)24-12-5-1-3-11-4-2-6-13(25-18)17(11)12/h1-6,9-10,14-16,21-23H,7-8H2/t14-,15-,16+,19+,20-/m0/s1. The van der Waals surface area contributed by atoms with E-state index in [1.165, 1.54) is 6.08 Å². The molecule has 26 heavy (non-hydrogen) atoms. The molecule has 1 spiro atoms. The first kappa shape index (κ1) is 15.0. The summed E-state index contributed by atoms with van der Waals surface area (Å²) in [6.07, 6.45) is 0.926. The number of rotatable bonds is 0. The third-order valence-electron chi connectivity index (χ3n) is 6.35. The van der Waals surface area contributed by atoms with Crippen LogP contribution in [0.1, 0.15) is 12.8 Å². The van der Waals surface area contributed by atoms with Crippen molar-refractivity contribution >= 4 is 10.8 Å². The maximum Gasteiger partial charge on any atom is 0.306 e. The summed E-state index contributed by atoms with van der Waals surface area (Å²) in [5.41, 5.74) is -2.68. The molecule has 1 saturated heterocycles. The molecule has 0 aromatic heterocycles. The smallest absolute Gasteiger partial charge is 0.306 e. The van der Waals surface area contributed by atoms with E-state index in [9.17, 15) is 15.3 Å². The van der Waals surface area contributed by atoms with Gasteiger partial charge in [-0.3, -0.25) is 0 Å². The topological polar surface area (TPSA) is 91.7 Å². The van der Waals surface area contributed by atoms with Crippen LogP contribution in [-0.4, -0.2) is 50.6 Å². The normalized spacial score (nSPS) is 41.1. The van der Waals surface area contributed by atoms with Crippen LogP contribution in [0.15, 0.2) is 48.6 Å². The van der Waals surface area contributed by atoms with Crippen LogP contribution < -0.4 is 9.47 Å². The van der Waals surface area contributed by atoms with Crippen molar-refractivity contribution in [1.82, 2.24) is 0 Å². The van der Waals surface area contributed by atoms with Crippen molar-refractivity contribution in [2.75, 3.05) is 0 Å². The van der Waals surface area contributed by atoms with Crippen LogP contribution in [0.3, 0.4) is 0 Å². The van der Waals surface area contributed by atoms with E-state index in [2.05, 4.69) is 0 Å². The van der Waals surface area contributed by atoms with Gasteiger partial charge >= 0.3 is 5.79 Å². The largest absolute Gasteiger partial charge is 0.445 e. The van der Waals surface area contributed by atoms with Crippen molar-refractivity contribution in [2.24, 2.45) is 0 Å². The highest BCUT2D eigenvalue weighted by Crippen LogP contribution is 2.68. The summed E-state index contributed by atoms with van der Waals surface area (Å²) in [7, 11) is 0. The van der Waals surface area contributed by atoms with Gasteiger partial charge < -0.3 is 29.5 Å². The molecule has 6 heteroatoms. The lowest BCUT2D eigenvalue weighted by molar-refractivity contribution is -0.177. The first-order chi connectivity index (χ1) is 12.5. The number of epoxide rings is 1. The molecule has 2 heterocycles. The molecule has 0 amide bonds. The molecule has 2 aliphatic carbocycles. The van der Waals surface area contributed by atoms with Crippen molar-refractivity contribution in [3.8, 4) is 11.5 Å². The molecule has 6 nitrogen and oxygen atoms in total. The Labute approximate surface area is 149 Å². The Bertz CT molecular complexity index is 929. The molecule has 2 fully saturated rings. The molecule has 5 atom stereocenters. The summed E-state index contributed by atoms with van der Waals surface area (Å²) in [5.74, 6) is -0.205. The van der Waals surface area contributed by atoms with Crippen LogP contribution in [0.25, 0.3) is 10.8 Å². The zero-order valence-corrected chi connectivity index (χ0v) is 13.8. The van der Waals surface area contributed by atoms with E-state index < -0.39 is 35.3 Å². The maximum atomic E-state index is 10.9. The average molecular weight is 354 g/mol. The van der Waals surface area contributed by atoms with Gasteiger partial charge in [-0.05, 0) is 36.4 Å². The van der Waals surface area contributed by atoms with Gasteiger partial charge in [-0.2, -0.15) is 0 Å². The van der Waals surface area contributed by atoms with E-state index in [1.54, 1.807) is 6.08 Å². The second-order valence-electron chi connectivity index (χ2n) is 7.53. The monoisotopic (exact) mass is 354 g/mol. The van der Waals surface area contributed by atoms with Gasteiger partial charge in [0.1, 0.15) is 17.6 Å². The summed E-state index contributed by atoms with van der Waals surface area (Å²) in [6, 6.07) is 11.4. The van der Waals surface area contributed by atoms with Crippen molar-refractivity contribution < 1.29 is 29.5 Å². The molecule has 3 N–H and O–H groups in total. The molecule has 134 valence electrons. The lowest BCUT2D eigenvalue weighted by Crippen LogP contribution is -2.70. The minimum absolute atomic E-state index is 0.337. The molecule has 2 aromatic rings. The third kappa shape index (κ3) is 1.39. The predicted molar refractivity (Wildman–Crippen MR) is 90.9 cm³/mol. The Kier molecular flexibility index (Phi) is 2.54. The van der Waals surface area contributed by atoms with E-state index in [4.69, 9.17) is 14.2 Å². The first-order valence-corrected chi connectivity index (χ1v) is 8.88. The fourth-order valence-electron chi connectivity index (χ4n) is 5.17. The lowest BCUT2D eigenvalue weighted by atomic mass is 9.66. The molecule has 0 unspecified atom stereocenters. The highest BCUT2D eigenvalue weighted by atomic mass is 16.8. The number of hydrogen-bond acceptors (Lipinski definition) is 6. The maximum absolute atomic E-state index is 10.9. The number of hydrogen-bond donors (Lipinski definition) is 3. The highest BCUT2D eigenvalue weighted by Gasteiger charge is 2.91. The Morgan fingerprint density at radius 2 is 1.54 bits per heavy atom. The Balaban J connectivity index is 1.59. The van der Waals surface area contributed by atoms with Gasteiger partial charge in [-0.15, -0.1) is 0 Å². The van der Waals surface area contributed by atoms with Gasteiger partial charge in [0.15, 0.2) is 5.60 Å². The second-order valence-corrected chi connectivity index (χ2v) is 7.53. The SMILES string of the molecule is O[C@@H]1CC[C@H](O)[C@]23O[C@]12C1(C=C[C@@H]3O)Oc2cccc3cccc(c23)O1. The van der Waals surface area contributed by atoms with E-state index in [1.807, 2.05) is 36.4 Å². The van der Waals surface area contributed by atoms with Crippen LogP contribution in [0.2, 0.25) is 0 Å². The quantitative estimate of drug-likeness (QED) is 0.487. The van der Waals surface area contributed by atoms with Crippen LogP contribution in [0.5, 0.6) is 11.5 Å². The highest BCUT2D eigenvalue weighted by molar-refractivity contribution is 5.94. The average Bonchev–Trinajstić information content (AvgIpc) is 3.39. The number of benzene rings is 2. The molecule has 1 saturated carbocycles. The molecule has 6 rings (SSSR count).